The molecule has 0 nitrogen and oxygen atoms in total. The van der Waals surface area contributed by atoms with Gasteiger partial charge in [-0.1, -0.05) is 107 Å². The molecule has 4 aliphatic carbocycles. The highest BCUT2D eigenvalue weighted by Crippen LogP contribution is 2.68. The first-order chi connectivity index (χ1) is 18.5. The molecular formula is C38H54. The summed E-state index contributed by atoms with van der Waals surface area (Å²) in [6.07, 6.45) is 17.8. The number of rotatable bonds is 5. The van der Waals surface area contributed by atoms with Crippen LogP contribution in [0.15, 0.2) is 66.2 Å². The molecule has 0 N–H and O–H groups in total. The van der Waals surface area contributed by atoms with Crippen LogP contribution >= 0.6 is 0 Å². The van der Waals surface area contributed by atoms with Crippen molar-refractivity contribution in [2.45, 2.75) is 112 Å². The van der Waals surface area contributed by atoms with Crippen LogP contribution in [0.25, 0.3) is 5.57 Å². The molecule has 0 saturated heterocycles. The predicted molar refractivity (Wildman–Crippen MR) is 165 cm³/mol. The van der Waals surface area contributed by atoms with Gasteiger partial charge in [-0.15, -0.1) is 0 Å². The van der Waals surface area contributed by atoms with Gasteiger partial charge in [-0.2, -0.15) is 0 Å². The molecule has 206 valence electrons. The average Bonchev–Trinajstić information content (AvgIpc) is 3.30. The maximum absolute atomic E-state index is 2.73. The van der Waals surface area contributed by atoms with Crippen LogP contribution in [0.2, 0.25) is 0 Å². The molecule has 4 fully saturated rings. The zero-order chi connectivity index (χ0) is 26.8. The van der Waals surface area contributed by atoms with Crippen LogP contribution in [0.4, 0.5) is 0 Å². The molecule has 6 rings (SSSR count). The normalized spacial score (nSPS) is 35.7. The predicted octanol–water partition coefficient (Wildman–Crippen LogP) is 11.4. The molecule has 2 aromatic rings. The van der Waals surface area contributed by atoms with Gasteiger partial charge in [0.1, 0.15) is 0 Å². The Morgan fingerprint density at radius 1 is 0.684 bits per heavy atom. The first kappa shape index (κ1) is 27.7. The molecule has 0 heteroatoms. The summed E-state index contributed by atoms with van der Waals surface area (Å²) in [6, 6.07) is 22.2. The van der Waals surface area contributed by atoms with Crippen LogP contribution in [0, 0.1) is 40.4 Å². The Labute approximate surface area is 234 Å². The maximum atomic E-state index is 2.73. The summed E-state index contributed by atoms with van der Waals surface area (Å²) >= 11 is 0. The molecule has 0 spiro atoms. The smallest absolute Gasteiger partial charge is 0.0122 e. The highest BCUT2D eigenvalue weighted by molar-refractivity contribution is 5.81. The molecule has 38 heavy (non-hydrogen) atoms. The summed E-state index contributed by atoms with van der Waals surface area (Å²) in [5.41, 5.74) is 7.02. The van der Waals surface area contributed by atoms with Gasteiger partial charge in [0.05, 0.1) is 0 Å². The molecule has 0 aliphatic heterocycles. The summed E-state index contributed by atoms with van der Waals surface area (Å²) in [5, 5.41) is 0. The largest absolute Gasteiger partial charge is 0.0683 e. The molecule has 7 unspecified atom stereocenters. The van der Waals surface area contributed by atoms with Crippen LogP contribution in [0.3, 0.4) is 0 Å². The zero-order valence-corrected chi connectivity index (χ0v) is 25.1. The molecule has 0 radical (unpaired) electrons. The molecule has 0 aromatic heterocycles. The van der Waals surface area contributed by atoms with Gasteiger partial charge in [-0.3, -0.25) is 0 Å². The summed E-state index contributed by atoms with van der Waals surface area (Å²) in [5.74, 6) is 4.99. The molecule has 0 heterocycles. The third-order valence-electron chi connectivity index (χ3n) is 12.2. The van der Waals surface area contributed by atoms with Crippen molar-refractivity contribution in [2.75, 3.05) is 0 Å². The van der Waals surface area contributed by atoms with Crippen LogP contribution in [0.1, 0.15) is 123 Å². The van der Waals surface area contributed by atoms with E-state index in [1.54, 1.807) is 12.0 Å². The minimum atomic E-state index is 0.582. The topological polar surface area (TPSA) is 0 Å². The summed E-state index contributed by atoms with van der Waals surface area (Å²) in [7, 11) is 0. The van der Waals surface area contributed by atoms with Gasteiger partial charge < -0.3 is 0 Å². The number of benzene rings is 2. The van der Waals surface area contributed by atoms with Gasteiger partial charge in [0.2, 0.25) is 0 Å². The Hall–Kier alpha value is -1.82. The molecule has 0 bridgehead atoms. The lowest BCUT2D eigenvalue weighted by Gasteiger charge is -2.60. The van der Waals surface area contributed by atoms with E-state index in [4.69, 9.17) is 0 Å². The second-order valence-corrected chi connectivity index (χ2v) is 13.6. The van der Waals surface area contributed by atoms with E-state index in [2.05, 4.69) is 81.4 Å². The van der Waals surface area contributed by atoms with Gasteiger partial charge in [0, 0.05) is 0 Å². The maximum Gasteiger partial charge on any atom is -0.0122 e. The second-order valence-electron chi connectivity index (χ2n) is 13.6. The molecule has 0 amide bonds. The van der Waals surface area contributed by atoms with E-state index in [9.17, 15) is 0 Å². The molecule has 2 aromatic carbocycles. The van der Waals surface area contributed by atoms with Crippen molar-refractivity contribution in [3.8, 4) is 0 Å². The Balaban J connectivity index is 0.00000144. The quantitative estimate of drug-likeness (QED) is 0.375. The van der Waals surface area contributed by atoms with Gasteiger partial charge in [0.15, 0.2) is 0 Å². The standard InChI is InChI=1S/C36H48.C2H6/c1-26(34(27-12-6-4-7-13-27)28-14-8-5-9-15-28)17-18-30-20-22-32-31-21-19-29-16-10-11-24-35(29,2)33(31)23-25-36(30,32)3;1-2/h4-9,12-15,29-33H,10-11,16-25H2,1-3H3;1-2H3. The van der Waals surface area contributed by atoms with E-state index in [0.29, 0.717) is 10.8 Å². The van der Waals surface area contributed by atoms with E-state index in [1.807, 2.05) is 13.8 Å². The minimum Gasteiger partial charge on any atom is -0.0683 e. The minimum absolute atomic E-state index is 0.582. The molecule has 4 aliphatic rings. The van der Waals surface area contributed by atoms with Gasteiger partial charge in [0.25, 0.3) is 0 Å². The Bertz CT molecular complexity index is 1020. The van der Waals surface area contributed by atoms with Crippen molar-refractivity contribution >= 4 is 5.57 Å². The van der Waals surface area contributed by atoms with Crippen molar-refractivity contribution in [2.24, 2.45) is 40.4 Å². The van der Waals surface area contributed by atoms with Crippen molar-refractivity contribution in [3.63, 3.8) is 0 Å². The SMILES string of the molecule is CC.CC(CCC1CCC2C3CCC4CCCCC4(C)C3CCC12C)=C(c1ccccc1)c1ccccc1. The third kappa shape index (κ3) is 4.95. The first-order valence-corrected chi connectivity index (χ1v) is 16.3. The van der Waals surface area contributed by atoms with E-state index in [-0.39, 0.29) is 0 Å². The highest BCUT2D eigenvalue weighted by atomic mass is 14.6. The Morgan fingerprint density at radius 3 is 1.97 bits per heavy atom. The number of allylic oxidation sites excluding steroid dienone is 1. The van der Waals surface area contributed by atoms with Crippen LogP contribution in [0.5, 0.6) is 0 Å². The first-order valence-electron chi connectivity index (χ1n) is 16.3. The second kappa shape index (κ2) is 11.7. The van der Waals surface area contributed by atoms with Crippen molar-refractivity contribution in [3.05, 3.63) is 77.4 Å². The fraction of sp³-hybridized carbons (Fsp3) is 0.632. The zero-order valence-electron chi connectivity index (χ0n) is 25.1. The van der Waals surface area contributed by atoms with Crippen molar-refractivity contribution in [1.82, 2.24) is 0 Å². The monoisotopic (exact) mass is 510 g/mol. The van der Waals surface area contributed by atoms with Crippen molar-refractivity contribution < 1.29 is 0 Å². The van der Waals surface area contributed by atoms with E-state index in [0.717, 1.165) is 29.6 Å². The van der Waals surface area contributed by atoms with Gasteiger partial charge >= 0.3 is 0 Å². The highest BCUT2D eigenvalue weighted by Gasteiger charge is 2.59. The van der Waals surface area contributed by atoms with Crippen LogP contribution in [-0.2, 0) is 0 Å². The number of hydrogen-bond donors (Lipinski definition) is 0. The lowest BCUT2D eigenvalue weighted by molar-refractivity contribution is -0.111. The fourth-order valence-electron chi connectivity index (χ4n) is 10.3. The van der Waals surface area contributed by atoms with E-state index < -0.39 is 0 Å². The van der Waals surface area contributed by atoms with Gasteiger partial charge in [-0.25, -0.2) is 0 Å². The van der Waals surface area contributed by atoms with Crippen molar-refractivity contribution in [1.29, 1.82) is 0 Å². The molecule has 7 atom stereocenters. The van der Waals surface area contributed by atoms with Crippen LogP contribution < -0.4 is 0 Å². The average molecular weight is 511 g/mol. The lowest BCUT2D eigenvalue weighted by Crippen LogP contribution is -2.52. The Morgan fingerprint density at radius 2 is 1.32 bits per heavy atom. The number of hydrogen-bond acceptors (Lipinski definition) is 0. The fourth-order valence-corrected chi connectivity index (χ4v) is 10.3. The Kier molecular flexibility index (Phi) is 8.57. The van der Waals surface area contributed by atoms with Crippen LogP contribution in [-0.4, -0.2) is 0 Å². The molecule has 4 saturated carbocycles. The van der Waals surface area contributed by atoms with Gasteiger partial charge in [-0.05, 0) is 128 Å². The molecular weight excluding hydrogens is 456 g/mol. The van der Waals surface area contributed by atoms with E-state index in [1.165, 1.54) is 87.3 Å². The van der Waals surface area contributed by atoms with E-state index >= 15 is 0 Å². The summed E-state index contributed by atoms with van der Waals surface area (Å²) in [4.78, 5) is 0. The lowest BCUT2D eigenvalue weighted by atomic mass is 9.45. The summed E-state index contributed by atoms with van der Waals surface area (Å²) < 4.78 is 0. The summed E-state index contributed by atoms with van der Waals surface area (Å²) in [6.45, 7) is 11.9. The third-order valence-corrected chi connectivity index (χ3v) is 12.2. The number of fused-ring (bicyclic) bond motifs is 5.